The van der Waals surface area contributed by atoms with Crippen molar-refractivity contribution >= 4 is 22.9 Å². The number of pyridine rings is 1. The van der Waals surface area contributed by atoms with Crippen LogP contribution in [0, 0.1) is 0 Å². The summed E-state index contributed by atoms with van der Waals surface area (Å²) in [6.45, 7) is 8.09. The largest absolute Gasteiger partial charge is 0.492 e. The molecule has 0 bridgehead atoms. The molecule has 0 aliphatic carbocycles. The molecule has 43 heavy (non-hydrogen) atoms. The summed E-state index contributed by atoms with van der Waals surface area (Å²) in [5, 5.41) is 7.94. The van der Waals surface area contributed by atoms with Crippen LogP contribution in [0.3, 0.4) is 0 Å². The number of ether oxygens (including phenoxy) is 2. The van der Waals surface area contributed by atoms with Crippen molar-refractivity contribution in [3.05, 3.63) is 114 Å². The molecule has 3 heterocycles. The number of alkyl halides is 3. The van der Waals surface area contributed by atoms with Crippen LogP contribution in [0.2, 0.25) is 0 Å². The molecule has 7 nitrogen and oxygen atoms in total. The smallest absolute Gasteiger partial charge is 0.416 e. The highest BCUT2D eigenvalue weighted by Gasteiger charge is 2.29. The van der Waals surface area contributed by atoms with E-state index in [1.807, 2.05) is 60.7 Å². The lowest BCUT2D eigenvalue weighted by atomic mass is 10.1. The standard InChI is InChI=1S/C33H34F3N5O2/c1-2-3-7-26(18-22-42-24-25-10-12-27(13-11-25)33(34,35)36)30-8-6-9-31-38-32(39-41(30)31)37-28-14-16-29(17-15-28)43-23-21-40-19-4-5-20-40/h2-3,6-18H,1,4-5,19-24H2,(H,37,39)/b7-3-,26-18+. The van der Waals surface area contributed by atoms with Gasteiger partial charge in [0.15, 0.2) is 5.65 Å². The Hall–Kier alpha value is -4.41. The SMILES string of the molecule is C=C/C=C\C(=C/COCc1ccc(C(F)(F)F)cc1)c1cccc2nc(Nc3ccc(OCCN4CCCC4)cc3)nn12. The molecule has 224 valence electrons. The average Bonchev–Trinajstić information content (AvgIpc) is 3.67. The van der Waals surface area contributed by atoms with Gasteiger partial charge in [-0.3, -0.25) is 4.90 Å². The number of anilines is 2. The zero-order valence-corrected chi connectivity index (χ0v) is 23.8. The van der Waals surface area contributed by atoms with Gasteiger partial charge in [0.2, 0.25) is 5.95 Å². The van der Waals surface area contributed by atoms with Crippen LogP contribution >= 0.6 is 0 Å². The van der Waals surface area contributed by atoms with E-state index in [4.69, 9.17) is 9.47 Å². The normalized spacial score (nSPS) is 14.5. The number of halogens is 3. The summed E-state index contributed by atoms with van der Waals surface area (Å²) in [4.78, 5) is 7.05. The minimum absolute atomic E-state index is 0.178. The topological polar surface area (TPSA) is 63.9 Å². The van der Waals surface area contributed by atoms with Crippen LogP contribution in [0.1, 0.15) is 29.7 Å². The fourth-order valence-corrected chi connectivity index (χ4v) is 4.78. The zero-order chi connectivity index (χ0) is 30.1. The third-order valence-corrected chi connectivity index (χ3v) is 7.02. The summed E-state index contributed by atoms with van der Waals surface area (Å²) in [6.07, 6.45) is 5.43. The number of likely N-dealkylation sites (tertiary alicyclic amines) is 1. The van der Waals surface area contributed by atoms with E-state index in [1.54, 1.807) is 10.6 Å². The number of rotatable bonds is 13. The highest BCUT2D eigenvalue weighted by atomic mass is 19.4. The van der Waals surface area contributed by atoms with E-state index in [2.05, 4.69) is 26.9 Å². The number of nitrogens with one attached hydrogen (secondary N) is 1. The van der Waals surface area contributed by atoms with Crippen molar-refractivity contribution < 1.29 is 22.6 Å². The summed E-state index contributed by atoms with van der Waals surface area (Å²) >= 11 is 0. The minimum Gasteiger partial charge on any atom is -0.492 e. The van der Waals surface area contributed by atoms with Crippen molar-refractivity contribution in [2.75, 3.05) is 38.2 Å². The molecule has 2 aromatic heterocycles. The molecule has 1 N–H and O–H groups in total. The maximum atomic E-state index is 12.8. The summed E-state index contributed by atoms with van der Waals surface area (Å²) < 4.78 is 51.8. The van der Waals surface area contributed by atoms with E-state index in [0.29, 0.717) is 23.8 Å². The second-order valence-electron chi connectivity index (χ2n) is 10.1. The first kappa shape index (κ1) is 30.1. The molecule has 10 heteroatoms. The number of nitrogens with zero attached hydrogens (tertiary/aromatic N) is 4. The van der Waals surface area contributed by atoms with E-state index in [0.717, 1.165) is 54.5 Å². The van der Waals surface area contributed by atoms with Crippen LogP contribution in [0.25, 0.3) is 11.2 Å². The molecule has 0 unspecified atom stereocenters. The second-order valence-corrected chi connectivity index (χ2v) is 10.1. The molecule has 0 saturated carbocycles. The number of hydrogen-bond donors (Lipinski definition) is 1. The van der Waals surface area contributed by atoms with E-state index in [1.165, 1.54) is 25.0 Å². The number of aromatic nitrogens is 3. The van der Waals surface area contributed by atoms with Gasteiger partial charge >= 0.3 is 6.18 Å². The van der Waals surface area contributed by atoms with Gasteiger partial charge < -0.3 is 14.8 Å². The molecular formula is C33H34F3N5O2. The first-order valence-corrected chi connectivity index (χ1v) is 14.2. The van der Waals surface area contributed by atoms with Crippen molar-refractivity contribution in [3.63, 3.8) is 0 Å². The zero-order valence-electron chi connectivity index (χ0n) is 23.8. The van der Waals surface area contributed by atoms with E-state index in [-0.39, 0.29) is 13.2 Å². The third-order valence-electron chi connectivity index (χ3n) is 7.02. The van der Waals surface area contributed by atoms with Crippen molar-refractivity contribution in [2.45, 2.75) is 25.6 Å². The lowest BCUT2D eigenvalue weighted by molar-refractivity contribution is -0.137. The molecule has 5 rings (SSSR count). The van der Waals surface area contributed by atoms with Gasteiger partial charge in [-0.25, -0.2) is 4.52 Å². The monoisotopic (exact) mass is 589 g/mol. The minimum atomic E-state index is -4.36. The van der Waals surface area contributed by atoms with E-state index >= 15 is 0 Å². The third kappa shape index (κ3) is 8.33. The fourth-order valence-electron chi connectivity index (χ4n) is 4.78. The summed E-state index contributed by atoms with van der Waals surface area (Å²) in [5.74, 6) is 1.26. The van der Waals surface area contributed by atoms with Gasteiger partial charge in [0.25, 0.3) is 0 Å². The van der Waals surface area contributed by atoms with Crippen molar-refractivity contribution in [3.8, 4) is 5.75 Å². The van der Waals surface area contributed by atoms with Gasteiger partial charge in [-0.1, -0.05) is 43.0 Å². The van der Waals surface area contributed by atoms with Crippen LogP contribution in [0.15, 0.2) is 97.6 Å². The Morgan fingerprint density at radius 2 is 1.77 bits per heavy atom. The Labute approximate surface area is 249 Å². The Bertz CT molecular complexity index is 1550. The van der Waals surface area contributed by atoms with Gasteiger partial charge in [0.05, 0.1) is 24.5 Å². The molecule has 4 aromatic rings. The average molecular weight is 590 g/mol. The molecule has 1 fully saturated rings. The first-order chi connectivity index (χ1) is 20.9. The van der Waals surface area contributed by atoms with Crippen LogP contribution in [0.5, 0.6) is 5.75 Å². The molecule has 0 spiro atoms. The van der Waals surface area contributed by atoms with Gasteiger partial charge in [-0.05, 0) is 91.7 Å². The van der Waals surface area contributed by atoms with Crippen LogP contribution in [-0.2, 0) is 17.5 Å². The molecule has 1 aliphatic heterocycles. The fraction of sp³-hybridized carbons (Fsp3) is 0.273. The van der Waals surface area contributed by atoms with Crippen LogP contribution in [0.4, 0.5) is 24.8 Å². The maximum absolute atomic E-state index is 12.8. The first-order valence-electron chi connectivity index (χ1n) is 14.2. The van der Waals surface area contributed by atoms with E-state index in [9.17, 15) is 13.2 Å². The molecule has 0 atom stereocenters. The molecule has 0 radical (unpaired) electrons. The molecular weight excluding hydrogens is 555 g/mol. The highest BCUT2D eigenvalue weighted by Crippen LogP contribution is 2.29. The molecule has 0 amide bonds. The number of fused-ring (bicyclic) bond motifs is 1. The van der Waals surface area contributed by atoms with Gasteiger partial charge in [-0.15, -0.1) is 5.10 Å². The van der Waals surface area contributed by atoms with E-state index < -0.39 is 11.7 Å². The number of hydrogen-bond acceptors (Lipinski definition) is 6. The number of allylic oxidation sites excluding steroid dienone is 4. The van der Waals surface area contributed by atoms with Crippen molar-refractivity contribution in [2.24, 2.45) is 0 Å². The van der Waals surface area contributed by atoms with Gasteiger partial charge in [-0.2, -0.15) is 18.2 Å². The summed E-state index contributed by atoms with van der Waals surface area (Å²) in [5.41, 5.74) is 3.08. The second kappa shape index (κ2) is 14.2. The Kier molecular flexibility index (Phi) is 9.91. The highest BCUT2D eigenvalue weighted by molar-refractivity contribution is 5.74. The molecule has 1 aliphatic rings. The maximum Gasteiger partial charge on any atom is 0.416 e. The van der Waals surface area contributed by atoms with Gasteiger partial charge in [0.1, 0.15) is 12.4 Å². The quantitative estimate of drug-likeness (QED) is 0.130. The van der Waals surface area contributed by atoms with Crippen molar-refractivity contribution in [1.82, 2.24) is 19.5 Å². The molecule has 1 saturated heterocycles. The van der Waals surface area contributed by atoms with Crippen LogP contribution < -0.4 is 10.1 Å². The Morgan fingerprint density at radius 3 is 2.49 bits per heavy atom. The number of benzene rings is 2. The Balaban J connectivity index is 1.23. The van der Waals surface area contributed by atoms with Gasteiger partial charge in [0, 0.05) is 12.2 Å². The predicted molar refractivity (Wildman–Crippen MR) is 162 cm³/mol. The Morgan fingerprint density at radius 1 is 1.00 bits per heavy atom. The predicted octanol–water partition coefficient (Wildman–Crippen LogP) is 7.31. The lowest BCUT2D eigenvalue weighted by Gasteiger charge is -2.15. The summed E-state index contributed by atoms with van der Waals surface area (Å²) in [6, 6.07) is 18.4. The van der Waals surface area contributed by atoms with Crippen LogP contribution in [-0.4, -0.2) is 52.3 Å². The molecule has 2 aromatic carbocycles. The summed E-state index contributed by atoms with van der Waals surface area (Å²) in [7, 11) is 0. The lowest BCUT2D eigenvalue weighted by Crippen LogP contribution is -2.25. The van der Waals surface area contributed by atoms with Crippen molar-refractivity contribution in [1.29, 1.82) is 0 Å².